The topological polar surface area (TPSA) is 26.0 Å². The highest BCUT2D eigenvalue weighted by Gasteiger charge is 1.95. The van der Waals surface area contributed by atoms with E-state index in [-0.39, 0.29) is 5.38 Å². The molecule has 0 aromatic heterocycles. The van der Waals surface area contributed by atoms with Gasteiger partial charge in [0.15, 0.2) is 0 Å². The van der Waals surface area contributed by atoms with E-state index in [1.54, 1.807) is 17.6 Å². The van der Waals surface area contributed by atoms with Gasteiger partial charge in [-0.3, -0.25) is 0 Å². The molecule has 0 aliphatic rings. The minimum Gasteiger partial charge on any atom is -0.401 e. The summed E-state index contributed by atoms with van der Waals surface area (Å²) in [4.78, 5) is 0. The predicted molar refractivity (Wildman–Crippen MR) is 45.7 cm³/mol. The van der Waals surface area contributed by atoms with Gasteiger partial charge in [-0.1, -0.05) is 6.08 Å². The third-order valence-corrected chi connectivity index (χ3v) is 1.26. The smallest absolute Gasteiger partial charge is 0.0701 e. The van der Waals surface area contributed by atoms with Crippen molar-refractivity contribution in [3.8, 4) is 0 Å². The number of halogens is 1. The molecule has 9 heavy (non-hydrogen) atoms. The largest absolute Gasteiger partial charge is 0.401 e. The van der Waals surface area contributed by atoms with Crippen LogP contribution in [0.1, 0.15) is 6.92 Å². The van der Waals surface area contributed by atoms with Crippen LogP contribution in [0.25, 0.3) is 0 Å². The quantitative estimate of drug-likeness (QED) is 0.363. The van der Waals surface area contributed by atoms with Gasteiger partial charge >= 0.3 is 0 Å². The summed E-state index contributed by atoms with van der Waals surface area (Å²) in [6.07, 6.45) is 3.46. The van der Waals surface area contributed by atoms with Crippen molar-refractivity contribution in [2.75, 3.05) is 0 Å². The maximum Gasteiger partial charge on any atom is 0.0701 e. The first kappa shape index (κ1) is 8.92. The highest BCUT2D eigenvalue weighted by atomic mass is 35.5. The molecule has 3 heteroatoms. The highest BCUT2D eigenvalue weighted by molar-refractivity contribution is 7.83. The Bertz CT molecular complexity index is 129. The summed E-state index contributed by atoms with van der Waals surface area (Å²) in [6.45, 7) is 1.82. The molecule has 0 heterocycles. The number of hydrogen-bond acceptors (Lipinski definition) is 2. The van der Waals surface area contributed by atoms with Crippen LogP contribution in [0.5, 0.6) is 0 Å². The lowest BCUT2D eigenvalue weighted by Gasteiger charge is -1.98. The van der Waals surface area contributed by atoms with Crippen molar-refractivity contribution in [1.82, 2.24) is 0 Å². The summed E-state index contributed by atoms with van der Waals surface area (Å²) in [7, 11) is 0. The molecule has 0 fully saturated rings. The number of allylic oxidation sites excluding steroid dienone is 3. The molecular weight excluding hydrogens is 154 g/mol. The molecule has 0 amide bonds. The average Bonchev–Trinajstić information content (AvgIpc) is 1.82. The fourth-order valence-corrected chi connectivity index (χ4v) is 0.446. The Labute approximate surface area is 66.0 Å². The third kappa shape index (κ3) is 4.43. The van der Waals surface area contributed by atoms with Crippen molar-refractivity contribution in [2.24, 2.45) is 5.73 Å². The van der Waals surface area contributed by atoms with E-state index in [1.165, 1.54) is 0 Å². The highest BCUT2D eigenvalue weighted by Crippen LogP contribution is 2.01. The van der Waals surface area contributed by atoms with Crippen LogP contribution in [-0.4, -0.2) is 5.38 Å². The van der Waals surface area contributed by atoms with E-state index in [0.29, 0.717) is 5.70 Å². The van der Waals surface area contributed by atoms with Gasteiger partial charge in [-0.25, -0.2) is 0 Å². The molecular formula is C6H10ClNS. The first-order valence-electron chi connectivity index (χ1n) is 2.59. The summed E-state index contributed by atoms with van der Waals surface area (Å²) in [5.74, 6) is 0. The molecule has 0 aliphatic heterocycles. The van der Waals surface area contributed by atoms with Crippen molar-refractivity contribution < 1.29 is 0 Å². The van der Waals surface area contributed by atoms with Crippen LogP contribution < -0.4 is 5.73 Å². The Morgan fingerprint density at radius 3 is 2.67 bits per heavy atom. The lowest BCUT2D eigenvalue weighted by atomic mass is 10.3. The molecule has 0 radical (unpaired) electrons. The van der Waals surface area contributed by atoms with Crippen LogP contribution in [-0.2, 0) is 0 Å². The van der Waals surface area contributed by atoms with Crippen LogP contribution in [0.4, 0.5) is 0 Å². The van der Waals surface area contributed by atoms with Gasteiger partial charge in [0.2, 0.25) is 0 Å². The van der Waals surface area contributed by atoms with Crippen LogP contribution in [0.15, 0.2) is 23.3 Å². The minimum absolute atomic E-state index is 0.102. The van der Waals surface area contributed by atoms with E-state index in [9.17, 15) is 0 Å². The zero-order chi connectivity index (χ0) is 7.28. The summed E-state index contributed by atoms with van der Waals surface area (Å²) >= 11 is 9.45. The molecule has 2 N–H and O–H groups in total. The number of alkyl halides is 1. The Hall–Kier alpha value is -0.0800. The van der Waals surface area contributed by atoms with Gasteiger partial charge in [0.1, 0.15) is 0 Å². The van der Waals surface area contributed by atoms with E-state index >= 15 is 0 Å². The third-order valence-electron chi connectivity index (χ3n) is 0.834. The summed E-state index contributed by atoms with van der Waals surface area (Å²) in [5.41, 5.74) is 6.10. The zero-order valence-corrected chi connectivity index (χ0v) is 6.86. The number of rotatable bonds is 2. The number of hydrogen-bond donors (Lipinski definition) is 2. The summed E-state index contributed by atoms with van der Waals surface area (Å²) < 4.78 is 0. The predicted octanol–water partition coefficient (Wildman–Crippen LogP) is 1.90. The first-order chi connectivity index (χ1) is 4.18. The van der Waals surface area contributed by atoms with Crippen molar-refractivity contribution in [3.63, 3.8) is 0 Å². The van der Waals surface area contributed by atoms with E-state index in [1.807, 2.05) is 6.92 Å². The summed E-state index contributed by atoms with van der Waals surface area (Å²) in [6, 6.07) is 0. The van der Waals surface area contributed by atoms with E-state index < -0.39 is 0 Å². The fraction of sp³-hybridized carbons (Fsp3) is 0.333. The Morgan fingerprint density at radius 1 is 1.78 bits per heavy atom. The Balaban J connectivity index is 3.84. The molecule has 0 aromatic carbocycles. The van der Waals surface area contributed by atoms with Crippen molar-refractivity contribution in [2.45, 2.75) is 12.3 Å². The maximum atomic E-state index is 5.61. The van der Waals surface area contributed by atoms with Crippen LogP contribution >= 0.6 is 24.2 Å². The first-order valence-corrected chi connectivity index (χ1v) is 3.54. The van der Waals surface area contributed by atoms with Gasteiger partial charge in [0, 0.05) is 5.70 Å². The molecule has 1 unspecified atom stereocenters. The molecule has 0 bridgehead atoms. The number of thiol groups is 1. The lowest BCUT2D eigenvalue weighted by Crippen LogP contribution is -2.06. The molecule has 52 valence electrons. The minimum atomic E-state index is -0.102. The van der Waals surface area contributed by atoms with Crippen molar-refractivity contribution >= 4 is 24.2 Å². The van der Waals surface area contributed by atoms with Gasteiger partial charge in [0.25, 0.3) is 0 Å². The monoisotopic (exact) mass is 163 g/mol. The zero-order valence-electron chi connectivity index (χ0n) is 5.21. The van der Waals surface area contributed by atoms with Crippen LogP contribution in [0.2, 0.25) is 0 Å². The van der Waals surface area contributed by atoms with Crippen molar-refractivity contribution in [1.29, 1.82) is 0 Å². The second-order valence-corrected chi connectivity index (χ2v) is 2.58. The van der Waals surface area contributed by atoms with Gasteiger partial charge in [-0.05, 0) is 18.4 Å². The standard InChI is InChI=1S/C6H10ClNS/c1-5(7)6(8)3-2-4-9/h2-5,9H,8H2,1H3/b4-2-,6-3-. The summed E-state index contributed by atoms with van der Waals surface area (Å²) in [5, 5.41) is 1.50. The van der Waals surface area contributed by atoms with Gasteiger partial charge < -0.3 is 5.73 Å². The molecule has 0 aromatic rings. The van der Waals surface area contributed by atoms with Gasteiger partial charge in [0.05, 0.1) is 5.38 Å². The Kier molecular flexibility index (Phi) is 4.72. The molecule has 1 nitrogen and oxygen atoms in total. The molecule has 0 saturated carbocycles. The normalized spacial score (nSPS) is 16.6. The molecule has 0 spiro atoms. The van der Waals surface area contributed by atoms with Crippen LogP contribution in [0.3, 0.4) is 0 Å². The fourth-order valence-electron chi connectivity index (χ4n) is 0.287. The van der Waals surface area contributed by atoms with Gasteiger partial charge in [-0.15, -0.1) is 11.6 Å². The van der Waals surface area contributed by atoms with Crippen LogP contribution in [0, 0.1) is 0 Å². The second-order valence-electron chi connectivity index (χ2n) is 1.62. The second kappa shape index (κ2) is 4.77. The van der Waals surface area contributed by atoms with Crippen molar-refractivity contribution in [3.05, 3.63) is 23.3 Å². The average molecular weight is 164 g/mol. The SMILES string of the molecule is CC(Cl)/C(N)=C/C=C\S. The maximum absolute atomic E-state index is 5.61. The molecule has 0 rings (SSSR count). The molecule has 0 saturated heterocycles. The molecule has 1 atom stereocenters. The van der Waals surface area contributed by atoms with E-state index in [0.717, 1.165) is 0 Å². The Morgan fingerprint density at radius 2 is 2.33 bits per heavy atom. The van der Waals surface area contributed by atoms with E-state index in [2.05, 4.69) is 12.6 Å². The van der Waals surface area contributed by atoms with E-state index in [4.69, 9.17) is 17.3 Å². The van der Waals surface area contributed by atoms with Gasteiger partial charge in [-0.2, -0.15) is 12.6 Å². The molecule has 0 aliphatic carbocycles. The lowest BCUT2D eigenvalue weighted by molar-refractivity contribution is 1.08. The number of nitrogens with two attached hydrogens (primary N) is 1.